The van der Waals surface area contributed by atoms with Gasteiger partial charge in [0.05, 0.1) is 24.3 Å². The summed E-state index contributed by atoms with van der Waals surface area (Å²) in [6, 6.07) is 8.59. The van der Waals surface area contributed by atoms with Crippen molar-refractivity contribution in [2.24, 2.45) is 5.92 Å². The van der Waals surface area contributed by atoms with Crippen LogP contribution >= 0.6 is 0 Å². The number of Topliss-reactive ketones (excluding diaryl/α,β-unsaturated/α-hetero) is 1. The number of nitrogens with zero attached hydrogens (tertiary/aromatic N) is 2. The molecule has 1 saturated carbocycles. The van der Waals surface area contributed by atoms with Crippen molar-refractivity contribution in [1.82, 2.24) is 9.55 Å². The van der Waals surface area contributed by atoms with Crippen LogP contribution in [0.1, 0.15) is 37.3 Å². The monoisotopic (exact) mass is 252 g/mol. The lowest BCUT2D eigenvalue weighted by Crippen LogP contribution is -2.28. The average molecular weight is 252 g/mol. The zero-order valence-corrected chi connectivity index (χ0v) is 10.7. The third-order valence-corrected chi connectivity index (χ3v) is 4.50. The van der Waals surface area contributed by atoms with Crippen LogP contribution in [-0.4, -0.2) is 15.3 Å². The van der Waals surface area contributed by atoms with Gasteiger partial charge in [-0.2, -0.15) is 0 Å². The number of fused-ring (bicyclic) bond motifs is 3. The van der Waals surface area contributed by atoms with Gasteiger partial charge in [-0.3, -0.25) is 4.79 Å². The highest BCUT2D eigenvalue weighted by molar-refractivity contribution is 5.84. The number of imidazole rings is 1. The summed E-state index contributed by atoms with van der Waals surface area (Å²) in [5.41, 5.74) is 3.68. The van der Waals surface area contributed by atoms with E-state index in [2.05, 4.69) is 33.8 Å². The summed E-state index contributed by atoms with van der Waals surface area (Å²) in [5, 5.41) is 0. The molecule has 2 atom stereocenters. The maximum Gasteiger partial charge on any atom is 0.138 e. The number of hydrogen-bond acceptors (Lipinski definition) is 2. The molecule has 0 unspecified atom stereocenters. The topological polar surface area (TPSA) is 34.9 Å². The van der Waals surface area contributed by atoms with E-state index in [0.29, 0.717) is 5.78 Å². The van der Waals surface area contributed by atoms with Crippen molar-refractivity contribution >= 4 is 5.78 Å². The summed E-state index contributed by atoms with van der Waals surface area (Å²) >= 11 is 0. The highest BCUT2D eigenvalue weighted by Crippen LogP contribution is 2.45. The zero-order chi connectivity index (χ0) is 12.8. The van der Waals surface area contributed by atoms with E-state index >= 15 is 0 Å². The molecule has 2 aromatic rings. The molecule has 0 radical (unpaired) electrons. The molecule has 3 nitrogen and oxygen atoms in total. The van der Waals surface area contributed by atoms with Gasteiger partial charge in [-0.15, -0.1) is 0 Å². The van der Waals surface area contributed by atoms with Crippen LogP contribution in [0, 0.1) is 5.92 Å². The number of aromatic nitrogens is 2. The first-order chi connectivity index (χ1) is 9.36. The van der Waals surface area contributed by atoms with Gasteiger partial charge in [-0.25, -0.2) is 4.98 Å². The molecule has 0 amide bonds. The Morgan fingerprint density at radius 2 is 2.11 bits per heavy atom. The Labute approximate surface area is 112 Å². The maximum atomic E-state index is 12.3. The van der Waals surface area contributed by atoms with Crippen molar-refractivity contribution in [2.45, 2.75) is 31.7 Å². The molecule has 96 valence electrons. The molecule has 4 rings (SSSR count). The lowest BCUT2D eigenvalue weighted by molar-refractivity contribution is -0.125. The van der Waals surface area contributed by atoms with E-state index in [1.165, 1.54) is 17.5 Å². The van der Waals surface area contributed by atoms with E-state index in [-0.39, 0.29) is 12.0 Å². The van der Waals surface area contributed by atoms with Crippen molar-refractivity contribution in [1.29, 1.82) is 0 Å². The second-order valence-corrected chi connectivity index (χ2v) is 5.54. The Morgan fingerprint density at radius 3 is 3.00 bits per heavy atom. The Balaban J connectivity index is 1.86. The van der Waals surface area contributed by atoms with E-state index in [0.717, 1.165) is 25.0 Å². The fraction of sp³-hybridized carbons (Fsp3) is 0.375. The Bertz CT molecular complexity index is 644. The lowest BCUT2D eigenvalue weighted by atomic mass is 9.80. The van der Waals surface area contributed by atoms with Gasteiger partial charge in [-0.05, 0) is 18.4 Å². The van der Waals surface area contributed by atoms with Crippen LogP contribution in [0.3, 0.4) is 0 Å². The van der Waals surface area contributed by atoms with Crippen molar-refractivity contribution in [3.63, 3.8) is 0 Å². The Hall–Kier alpha value is -1.90. The summed E-state index contributed by atoms with van der Waals surface area (Å²) in [5.74, 6) is 0.554. The van der Waals surface area contributed by atoms with Crippen LogP contribution in [0.15, 0.2) is 36.8 Å². The minimum absolute atomic E-state index is 0.130. The van der Waals surface area contributed by atoms with Crippen LogP contribution < -0.4 is 0 Å². The first-order valence-electron chi connectivity index (χ1n) is 7.00. The molecule has 1 fully saturated rings. The van der Waals surface area contributed by atoms with Crippen molar-refractivity contribution in [2.75, 3.05) is 0 Å². The van der Waals surface area contributed by atoms with Crippen molar-refractivity contribution in [3.05, 3.63) is 42.4 Å². The van der Waals surface area contributed by atoms with Gasteiger partial charge in [0.15, 0.2) is 0 Å². The van der Waals surface area contributed by atoms with E-state index in [4.69, 9.17) is 0 Å². The maximum absolute atomic E-state index is 12.3. The minimum Gasteiger partial charge on any atom is -0.322 e. The summed E-state index contributed by atoms with van der Waals surface area (Å²) in [6.45, 7) is 0. The second-order valence-electron chi connectivity index (χ2n) is 5.54. The Kier molecular flexibility index (Phi) is 2.34. The van der Waals surface area contributed by atoms with Crippen molar-refractivity contribution in [3.8, 4) is 11.3 Å². The highest BCUT2D eigenvalue weighted by atomic mass is 16.1. The molecule has 3 heteroatoms. The van der Waals surface area contributed by atoms with E-state index in [1.807, 2.05) is 12.5 Å². The summed E-state index contributed by atoms with van der Waals surface area (Å²) < 4.78 is 2.19. The molecular formula is C16H16N2O. The van der Waals surface area contributed by atoms with Crippen LogP contribution in [-0.2, 0) is 4.79 Å². The third-order valence-electron chi connectivity index (χ3n) is 4.50. The van der Waals surface area contributed by atoms with Gasteiger partial charge in [0.25, 0.3) is 0 Å². The summed E-state index contributed by atoms with van der Waals surface area (Å²) in [6.07, 6.45) is 7.76. The number of carbonyl (C=O) groups is 1. The van der Waals surface area contributed by atoms with Gasteiger partial charge in [-0.1, -0.05) is 30.7 Å². The first-order valence-corrected chi connectivity index (χ1v) is 7.00. The molecule has 0 spiro atoms. The smallest absolute Gasteiger partial charge is 0.138 e. The lowest BCUT2D eigenvalue weighted by Gasteiger charge is -2.28. The predicted molar refractivity (Wildman–Crippen MR) is 72.8 cm³/mol. The van der Waals surface area contributed by atoms with E-state index < -0.39 is 0 Å². The fourth-order valence-corrected chi connectivity index (χ4v) is 3.63. The predicted octanol–water partition coefficient (Wildman–Crippen LogP) is 3.21. The van der Waals surface area contributed by atoms with Gasteiger partial charge >= 0.3 is 0 Å². The number of ketones is 1. The molecule has 1 aliphatic heterocycles. The SMILES string of the molecule is O=C1CCCC[C@@H]1[C@@H]1c2ccccc2-c2cncn21. The average Bonchev–Trinajstić information content (AvgIpc) is 3.00. The van der Waals surface area contributed by atoms with E-state index in [1.54, 1.807) is 0 Å². The van der Waals surface area contributed by atoms with Crippen LogP contribution in [0.2, 0.25) is 0 Å². The zero-order valence-electron chi connectivity index (χ0n) is 10.7. The summed E-state index contributed by atoms with van der Waals surface area (Å²) in [7, 11) is 0. The van der Waals surface area contributed by atoms with Crippen LogP contribution in [0.25, 0.3) is 11.3 Å². The minimum atomic E-state index is 0.130. The standard InChI is InChI=1S/C16H16N2O/c19-15-8-4-3-7-13(15)16-12-6-2-1-5-11(12)14-9-17-10-18(14)16/h1-2,5-6,9-10,13,16H,3-4,7-8H2/t13-,16-/m0/s1. The highest BCUT2D eigenvalue weighted by Gasteiger charge is 2.38. The normalized spacial score (nSPS) is 25.2. The fourth-order valence-electron chi connectivity index (χ4n) is 3.63. The molecule has 1 aliphatic carbocycles. The molecule has 0 saturated heterocycles. The quantitative estimate of drug-likeness (QED) is 0.781. The van der Waals surface area contributed by atoms with Gasteiger partial charge in [0.1, 0.15) is 5.78 Å². The summed E-state index contributed by atoms with van der Waals surface area (Å²) in [4.78, 5) is 16.6. The van der Waals surface area contributed by atoms with Gasteiger partial charge in [0, 0.05) is 17.9 Å². The first kappa shape index (κ1) is 11.0. The molecule has 2 aliphatic rings. The van der Waals surface area contributed by atoms with Gasteiger partial charge in [0.2, 0.25) is 0 Å². The molecule has 1 aromatic carbocycles. The molecule has 0 bridgehead atoms. The molecule has 2 heterocycles. The second kappa shape index (κ2) is 4.05. The molecule has 0 N–H and O–H groups in total. The van der Waals surface area contributed by atoms with E-state index in [9.17, 15) is 4.79 Å². The number of rotatable bonds is 1. The number of carbonyl (C=O) groups excluding carboxylic acids is 1. The number of hydrogen-bond donors (Lipinski definition) is 0. The van der Waals surface area contributed by atoms with Crippen molar-refractivity contribution < 1.29 is 4.79 Å². The van der Waals surface area contributed by atoms with Crippen LogP contribution in [0.5, 0.6) is 0 Å². The third kappa shape index (κ3) is 1.51. The largest absolute Gasteiger partial charge is 0.322 e. The molecule has 1 aromatic heterocycles. The van der Waals surface area contributed by atoms with Gasteiger partial charge < -0.3 is 4.57 Å². The van der Waals surface area contributed by atoms with Crippen LogP contribution in [0.4, 0.5) is 0 Å². The molecular weight excluding hydrogens is 236 g/mol. The number of benzene rings is 1. The Morgan fingerprint density at radius 1 is 1.21 bits per heavy atom. The molecule has 19 heavy (non-hydrogen) atoms.